The Morgan fingerprint density at radius 1 is 0.690 bits per heavy atom. The molecule has 29 heavy (non-hydrogen) atoms. The van der Waals surface area contributed by atoms with Gasteiger partial charge in [-0.2, -0.15) is 0 Å². The first kappa shape index (κ1) is 21.2. The minimum atomic E-state index is -0.323. The number of hydrogen-bond acceptors (Lipinski definition) is 0. The molecule has 0 spiro atoms. The van der Waals surface area contributed by atoms with Gasteiger partial charge >= 0.3 is 0 Å². The third-order valence-corrected chi connectivity index (χ3v) is 5.66. The van der Waals surface area contributed by atoms with Crippen LogP contribution in [0.2, 0.25) is 0 Å². The summed E-state index contributed by atoms with van der Waals surface area (Å²) in [5, 5.41) is 0. The van der Waals surface area contributed by atoms with E-state index in [1.54, 1.807) is 12.1 Å². The zero-order chi connectivity index (χ0) is 20.8. The first-order chi connectivity index (χ1) is 14.0. The molecule has 0 aliphatic heterocycles. The highest BCUT2D eigenvalue weighted by atomic mass is 19.1. The summed E-state index contributed by atoms with van der Waals surface area (Å²) in [5.41, 5.74) is 5.41. The van der Waals surface area contributed by atoms with Crippen LogP contribution in [0.5, 0.6) is 0 Å². The number of unbranched alkanes of at least 4 members (excludes halogenated alkanes) is 2. The standard InChI is InChI=1S/C27H30F2/c1-4-6-8-20-10-12-22(13-11-20)24-16-15-23(18-26(24)28)25-17-14-21(9-7-5-2)19(3)27(25)29/h10-18H,4-9H2,1-3H3. The lowest BCUT2D eigenvalue weighted by molar-refractivity contribution is 0.616. The van der Waals surface area contributed by atoms with Crippen LogP contribution < -0.4 is 0 Å². The Kier molecular flexibility index (Phi) is 7.19. The number of halogens is 2. The molecular weight excluding hydrogens is 362 g/mol. The van der Waals surface area contributed by atoms with Crippen molar-refractivity contribution in [1.82, 2.24) is 0 Å². The third-order valence-electron chi connectivity index (χ3n) is 5.66. The van der Waals surface area contributed by atoms with Gasteiger partial charge in [-0.1, -0.05) is 75.2 Å². The summed E-state index contributed by atoms with van der Waals surface area (Å²) in [4.78, 5) is 0. The van der Waals surface area contributed by atoms with Crippen molar-refractivity contribution in [3.05, 3.63) is 82.9 Å². The molecule has 3 rings (SSSR count). The van der Waals surface area contributed by atoms with Gasteiger partial charge in [-0.25, -0.2) is 8.78 Å². The van der Waals surface area contributed by atoms with Crippen LogP contribution in [0.25, 0.3) is 22.3 Å². The minimum Gasteiger partial charge on any atom is -0.206 e. The van der Waals surface area contributed by atoms with Crippen molar-refractivity contribution < 1.29 is 8.78 Å². The Morgan fingerprint density at radius 3 is 1.97 bits per heavy atom. The van der Waals surface area contributed by atoms with E-state index in [1.165, 1.54) is 11.6 Å². The quantitative estimate of drug-likeness (QED) is 0.362. The van der Waals surface area contributed by atoms with Gasteiger partial charge in [-0.15, -0.1) is 0 Å². The molecule has 0 N–H and O–H groups in total. The van der Waals surface area contributed by atoms with Crippen LogP contribution in [-0.4, -0.2) is 0 Å². The van der Waals surface area contributed by atoms with Gasteiger partial charge in [0, 0.05) is 11.1 Å². The molecule has 0 aromatic heterocycles. The molecule has 2 heteroatoms. The van der Waals surface area contributed by atoms with Crippen molar-refractivity contribution >= 4 is 0 Å². The normalized spacial score (nSPS) is 11.1. The zero-order valence-electron chi connectivity index (χ0n) is 17.7. The number of hydrogen-bond donors (Lipinski definition) is 0. The molecule has 0 aliphatic rings. The van der Waals surface area contributed by atoms with Crippen molar-refractivity contribution in [3.8, 4) is 22.3 Å². The number of rotatable bonds is 8. The molecule has 0 atom stereocenters. The van der Waals surface area contributed by atoms with Gasteiger partial charge in [0.15, 0.2) is 0 Å². The Bertz CT molecular complexity index is 955. The summed E-state index contributed by atoms with van der Waals surface area (Å²) in [7, 11) is 0. The second-order valence-electron chi connectivity index (χ2n) is 7.81. The average molecular weight is 393 g/mol. The lowest BCUT2D eigenvalue weighted by Gasteiger charge is -2.12. The van der Waals surface area contributed by atoms with Crippen LogP contribution in [0.1, 0.15) is 56.2 Å². The second kappa shape index (κ2) is 9.82. The molecule has 152 valence electrons. The van der Waals surface area contributed by atoms with Crippen molar-refractivity contribution in [2.45, 2.75) is 59.3 Å². The van der Waals surface area contributed by atoms with Gasteiger partial charge in [0.25, 0.3) is 0 Å². The molecule has 0 unspecified atom stereocenters. The van der Waals surface area contributed by atoms with E-state index in [9.17, 15) is 8.78 Å². The fourth-order valence-electron chi connectivity index (χ4n) is 3.73. The average Bonchev–Trinajstić information content (AvgIpc) is 2.74. The summed E-state index contributed by atoms with van der Waals surface area (Å²) in [5.74, 6) is -0.568. The molecule has 0 fully saturated rings. The third kappa shape index (κ3) is 4.93. The number of aryl methyl sites for hydroxylation is 2. The molecular formula is C27H30F2. The van der Waals surface area contributed by atoms with E-state index in [0.717, 1.165) is 49.7 Å². The molecule has 0 aliphatic carbocycles. The van der Waals surface area contributed by atoms with Crippen molar-refractivity contribution in [2.24, 2.45) is 0 Å². The SMILES string of the molecule is CCCCc1ccc(-c2ccc(-c3ccc(CCCC)c(C)c3F)cc2F)cc1. The summed E-state index contributed by atoms with van der Waals surface area (Å²) >= 11 is 0. The molecule has 0 nitrogen and oxygen atoms in total. The summed E-state index contributed by atoms with van der Waals surface area (Å²) in [6, 6.07) is 16.8. The largest absolute Gasteiger partial charge is 0.206 e. The summed E-state index contributed by atoms with van der Waals surface area (Å²) < 4.78 is 29.8. The van der Waals surface area contributed by atoms with E-state index in [-0.39, 0.29) is 11.6 Å². The van der Waals surface area contributed by atoms with E-state index in [2.05, 4.69) is 26.0 Å². The van der Waals surface area contributed by atoms with E-state index >= 15 is 0 Å². The van der Waals surface area contributed by atoms with Crippen LogP contribution >= 0.6 is 0 Å². The van der Waals surface area contributed by atoms with E-state index in [1.807, 2.05) is 31.2 Å². The van der Waals surface area contributed by atoms with Crippen LogP contribution in [-0.2, 0) is 12.8 Å². The van der Waals surface area contributed by atoms with Gasteiger partial charge in [0.05, 0.1) is 0 Å². The summed E-state index contributed by atoms with van der Waals surface area (Å²) in [6.45, 7) is 6.12. The molecule has 0 amide bonds. The Labute approximate surface area is 173 Å². The molecule has 0 saturated carbocycles. The van der Waals surface area contributed by atoms with E-state index in [4.69, 9.17) is 0 Å². The van der Waals surface area contributed by atoms with Crippen LogP contribution in [0.15, 0.2) is 54.6 Å². The second-order valence-corrected chi connectivity index (χ2v) is 7.81. The molecule has 0 radical (unpaired) electrons. The van der Waals surface area contributed by atoms with E-state index < -0.39 is 0 Å². The van der Waals surface area contributed by atoms with Crippen LogP contribution in [0, 0.1) is 18.6 Å². The topological polar surface area (TPSA) is 0 Å². The highest BCUT2D eigenvalue weighted by molar-refractivity contribution is 5.72. The Hall–Kier alpha value is -2.48. The predicted octanol–water partition coefficient (Wildman–Crippen LogP) is 8.29. The fourth-order valence-corrected chi connectivity index (χ4v) is 3.73. The Morgan fingerprint density at radius 2 is 1.31 bits per heavy atom. The highest BCUT2D eigenvalue weighted by Crippen LogP contribution is 2.31. The lowest BCUT2D eigenvalue weighted by atomic mass is 9.94. The summed E-state index contributed by atoms with van der Waals surface area (Å²) in [6.07, 6.45) is 6.36. The van der Waals surface area contributed by atoms with Gasteiger partial charge in [0.1, 0.15) is 11.6 Å². The molecule has 0 bridgehead atoms. The van der Waals surface area contributed by atoms with Crippen molar-refractivity contribution in [2.75, 3.05) is 0 Å². The first-order valence-electron chi connectivity index (χ1n) is 10.7. The van der Waals surface area contributed by atoms with Gasteiger partial charge in [-0.05, 0) is 66.5 Å². The monoisotopic (exact) mass is 392 g/mol. The van der Waals surface area contributed by atoms with Crippen LogP contribution in [0.3, 0.4) is 0 Å². The van der Waals surface area contributed by atoms with Crippen molar-refractivity contribution in [1.29, 1.82) is 0 Å². The molecule has 0 heterocycles. The molecule has 3 aromatic rings. The van der Waals surface area contributed by atoms with Crippen molar-refractivity contribution in [3.63, 3.8) is 0 Å². The molecule has 3 aromatic carbocycles. The maximum absolute atomic E-state index is 15.0. The first-order valence-corrected chi connectivity index (χ1v) is 10.7. The van der Waals surface area contributed by atoms with Crippen LogP contribution in [0.4, 0.5) is 8.78 Å². The highest BCUT2D eigenvalue weighted by Gasteiger charge is 2.14. The maximum Gasteiger partial charge on any atom is 0.134 e. The molecule has 0 saturated heterocycles. The zero-order valence-corrected chi connectivity index (χ0v) is 17.7. The van der Waals surface area contributed by atoms with Gasteiger partial charge < -0.3 is 0 Å². The van der Waals surface area contributed by atoms with E-state index in [0.29, 0.717) is 22.3 Å². The smallest absolute Gasteiger partial charge is 0.134 e. The van der Waals surface area contributed by atoms with Gasteiger partial charge in [0.2, 0.25) is 0 Å². The minimum absolute atomic E-state index is 0.244. The van der Waals surface area contributed by atoms with Gasteiger partial charge in [-0.3, -0.25) is 0 Å². The Balaban J connectivity index is 1.87. The fraction of sp³-hybridized carbons (Fsp3) is 0.333. The predicted molar refractivity (Wildman–Crippen MR) is 119 cm³/mol. The maximum atomic E-state index is 15.0. The lowest BCUT2D eigenvalue weighted by Crippen LogP contribution is -1.97. The number of benzene rings is 3.